The largest absolute Gasteiger partial charge is 0.469 e. The number of nitrogens with zero attached hydrogens (tertiary/aromatic N) is 1. The van der Waals surface area contributed by atoms with Gasteiger partial charge in [0.05, 0.1) is 18.0 Å². The van der Waals surface area contributed by atoms with Crippen LogP contribution in [0, 0.1) is 0 Å². The standard InChI is InChI=1S/C9H11BrN2O3/c1-15-8(13)2-3-12-5-6(11)4-7(10)9(12)14/h4-5H,2-3,11H2,1H3. The van der Waals surface area contributed by atoms with Crippen molar-refractivity contribution < 1.29 is 9.53 Å². The van der Waals surface area contributed by atoms with E-state index in [2.05, 4.69) is 20.7 Å². The minimum absolute atomic E-state index is 0.145. The Morgan fingerprint density at radius 2 is 2.33 bits per heavy atom. The maximum absolute atomic E-state index is 11.5. The van der Waals surface area contributed by atoms with Crippen LogP contribution in [0.5, 0.6) is 0 Å². The van der Waals surface area contributed by atoms with Crippen molar-refractivity contribution in [2.45, 2.75) is 13.0 Å². The molecule has 0 atom stereocenters. The minimum atomic E-state index is -0.361. The Morgan fingerprint density at radius 1 is 1.67 bits per heavy atom. The first-order chi connectivity index (χ1) is 7.04. The number of nitrogen functional groups attached to an aromatic ring is 1. The van der Waals surface area contributed by atoms with Gasteiger partial charge in [-0.1, -0.05) is 0 Å². The second kappa shape index (κ2) is 4.97. The molecule has 0 radical (unpaired) electrons. The van der Waals surface area contributed by atoms with Gasteiger partial charge < -0.3 is 15.0 Å². The molecular formula is C9H11BrN2O3. The third kappa shape index (κ3) is 3.09. The van der Waals surface area contributed by atoms with Crippen LogP contribution in [-0.4, -0.2) is 17.6 Å². The topological polar surface area (TPSA) is 74.3 Å². The molecule has 0 spiro atoms. The summed E-state index contributed by atoms with van der Waals surface area (Å²) in [6, 6.07) is 1.52. The summed E-state index contributed by atoms with van der Waals surface area (Å²) in [5, 5.41) is 0. The molecule has 1 aromatic heterocycles. The SMILES string of the molecule is COC(=O)CCn1cc(N)cc(Br)c1=O. The number of aromatic nitrogens is 1. The van der Waals surface area contributed by atoms with Gasteiger partial charge in [-0.05, 0) is 22.0 Å². The number of carbonyl (C=O) groups excluding carboxylic acids is 1. The van der Waals surface area contributed by atoms with Crippen LogP contribution in [0.25, 0.3) is 0 Å². The summed E-state index contributed by atoms with van der Waals surface area (Å²) in [5.41, 5.74) is 5.81. The maximum atomic E-state index is 11.5. The number of ether oxygens (including phenoxy) is 1. The number of pyridine rings is 1. The second-order valence-electron chi connectivity index (χ2n) is 2.95. The van der Waals surface area contributed by atoms with Gasteiger partial charge in [0.1, 0.15) is 0 Å². The van der Waals surface area contributed by atoms with E-state index in [1.54, 1.807) is 0 Å². The highest BCUT2D eigenvalue weighted by molar-refractivity contribution is 9.10. The normalized spacial score (nSPS) is 10.0. The van der Waals surface area contributed by atoms with Gasteiger partial charge in [-0.2, -0.15) is 0 Å². The quantitative estimate of drug-likeness (QED) is 0.826. The zero-order valence-electron chi connectivity index (χ0n) is 8.20. The lowest BCUT2D eigenvalue weighted by molar-refractivity contribution is -0.140. The van der Waals surface area contributed by atoms with Crippen molar-refractivity contribution in [1.29, 1.82) is 0 Å². The van der Waals surface area contributed by atoms with Crippen molar-refractivity contribution in [2.24, 2.45) is 0 Å². The smallest absolute Gasteiger partial charge is 0.307 e. The molecule has 0 aliphatic heterocycles. The van der Waals surface area contributed by atoms with E-state index in [4.69, 9.17) is 5.73 Å². The summed E-state index contributed by atoms with van der Waals surface area (Å²) >= 11 is 3.09. The number of methoxy groups -OCH3 is 1. The van der Waals surface area contributed by atoms with Crippen LogP contribution in [0.2, 0.25) is 0 Å². The van der Waals surface area contributed by atoms with E-state index in [1.807, 2.05) is 0 Å². The number of esters is 1. The van der Waals surface area contributed by atoms with E-state index in [0.29, 0.717) is 10.2 Å². The lowest BCUT2D eigenvalue weighted by Crippen LogP contribution is -2.22. The van der Waals surface area contributed by atoms with Gasteiger partial charge in [0, 0.05) is 18.4 Å². The molecule has 82 valence electrons. The Hall–Kier alpha value is -1.30. The average Bonchev–Trinajstić information content (AvgIpc) is 2.20. The van der Waals surface area contributed by atoms with Gasteiger partial charge in [0.2, 0.25) is 0 Å². The lowest BCUT2D eigenvalue weighted by Gasteiger charge is -2.06. The number of nitrogens with two attached hydrogens (primary N) is 1. The molecule has 0 aliphatic rings. The summed E-state index contributed by atoms with van der Waals surface area (Å²) in [7, 11) is 1.31. The zero-order chi connectivity index (χ0) is 11.4. The third-order valence-electron chi connectivity index (χ3n) is 1.85. The summed E-state index contributed by atoms with van der Waals surface area (Å²) in [5.74, 6) is -0.361. The zero-order valence-corrected chi connectivity index (χ0v) is 9.78. The van der Waals surface area contributed by atoms with Crippen molar-refractivity contribution in [1.82, 2.24) is 4.57 Å². The Labute approximate surface area is 95.0 Å². The van der Waals surface area contributed by atoms with E-state index in [1.165, 1.54) is 23.9 Å². The monoisotopic (exact) mass is 274 g/mol. The number of hydrogen-bond donors (Lipinski definition) is 1. The van der Waals surface area contributed by atoms with Gasteiger partial charge in [-0.15, -0.1) is 0 Å². The van der Waals surface area contributed by atoms with Crippen molar-refractivity contribution >= 4 is 27.6 Å². The van der Waals surface area contributed by atoms with Crippen molar-refractivity contribution in [3.05, 3.63) is 27.1 Å². The van der Waals surface area contributed by atoms with E-state index in [-0.39, 0.29) is 24.5 Å². The fraction of sp³-hybridized carbons (Fsp3) is 0.333. The van der Waals surface area contributed by atoms with Crippen LogP contribution in [-0.2, 0) is 16.1 Å². The lowest BCUT2D eigenvalue weighted by atomic mass is 10.3. The minimum Gasteiger partial charge on any atom is -0.469 e. The Balaban J connectivity index is 2.86. The molecule has 1 heterocycles. The number of hydrogen-bond acceptors (Lipinski definition) is 4. The van der Waals surface area contributed by atoms with Crippen LogP contribution in [0.4, 0.5) is 5.69 Å². The Bertz CT molecular complexity index is 428. The predicted octanol–water partition coefficient (Wildman–Crippen LogP) is 0.756. The number of aryl methyl sites for hydroxylation is 1. The molecule has 2 N–H and O–H groups in total. The predicted molar refractivity (Wildman–Crippen MR) is 59.4 cm³/mol. The molecule has 15 heavy (non-hydrogen) atoms. The van der Waals surface area contributed by atoms with Crippen LogP contribution < -0.4 is 11.3 Å². The molecule has 0 amide bonds. The van der Waals surface area contributed by atoms with Gasteiger partial charge >= 0.3 is 5.97 Å². The summed E-state index contributed by atoms with van der Waals surface area (Å²) in [4.78, 5) is 22.4. The van der Waals surface area contributed by atoms with Gasteiger partial charge in [0.25, 0.3) is 5.56 Å². The Morgan fingerprint density at radius 3 is 2.93 bits per heavy atom. The number of anilines is 1. The van der Waals surface area contributed by atoms with E-state index < -0.39 is 0 Å². The van der Waals surface area contributed by atoms with Crippen LogP contribution in [0.15, 0.2) is 21.5 Å². The van der Waals surface area contributed by atoms with Crippen molar-refractivity contribution in [3.63, 3.8) is 0 Å². The molecule has 0 unspecified atom stereocenters. The van der Waals surface area contributed by atoms with Gasteiger partial charge in [-0.3, -0.25) is 9.59 Å². The van der Waals surface area contributed by atoms with Crippen LogP contribution >= 0.6 is 15.9 Å². The first kappa shape index (κ1) is 11.8. The number of rotatable bonds is 3. The molecule has 0 saturated carbocycles. The van der Waals surface area contributed by atoms with Crippen molar-refractivity contribution in [3.8, 4) is 0 Å². The molecule has 5 nitrogen and oxygen atoms in total. The highest BCUT2D eigenvalue weighted by atomic mass is 79.9. The highest BCUT2D eigenvalue weighted by Gasteiger charge is 2.05. The summed E-state index contributed by atoms with van der Waals surface area (Å²) in [6.07, 6.45) is 1.64. The van der Waals surface area contributed by atoms with E-state index in [9.17, 15) is 9.59 Å². The average molecular weight is 275 g/mol. The number of halogens is 1. The first-order valence-electron chi connectivity index (χ1n) is 4.27. The van der Waals surface area contributed by atoms with Gasteiger partial charge in [-0.25, -0.2) is 0 Å². The molecule has 1 rings (SSSR count). The van der Waals surface area contributed by atoms with Crippen LogP contribution in [0.1, 0.15) is 6.42 Å². The van der Waals surface area contributed by atoms with Crippen molar-refractivity contribution in [2.75, 3.05) is 12.8 Å². The van der Waals surface area contributed by atoms with Crippen LogP contribution in [0.3, 0.4) is 0 Å². The van der Waals surface area contributed by atoms with E-state index >= 15 is 0 Å². The maximum Gasteiger partial charge on any atom is 0.307 e. The van der Waals surface area contributed by atoms with E-state index in [0.717, 1.165) is 0 Å². The molecule has 0 fully saturated rings. The fourth-order valence-electron chi connectivity index (χ4n) is 1.10. The molecule has 0 aromatic carbocycles. The highest BCUT2D eigenvalue weighted by Crippen LogP contribution is 2.08. The fourth-order valence-corrected chi connectivity index (χ4v) is 1.59. The van der Waals surface area contributed by atoms with Gasteiger partial charge in [0.15, 0.2) is 0 Å². The first-order valence-corrected chi connectivity index (χ1v) is 5.06. The molecule has 0 saturated heterocycles. The summed E-state index contributed by atoms with van der Waals surface area (Å²) < 4.78 is 6.23. The number of carbonyl (C=O) groups is 1. The second-order valence-corrected chi connectivity index (χ2v) is 3.80. The Kier molecular flexibility index (Phi) is 3.90. The molecule has 1 aromatic rings. The summed E-state index contributed by atoms with van der Waals surface area (Å²) in [6.45, 7) is 0.259. The third-order valence-corrected chi connectivity index (χ3v) is 2.42. The molecule has 6 heteroatoms. The molecule has 0 aliphatic carbocycles. The molecular weight excluding hydrogens is 264 g/mol. The molecule has 0 bridgehead atoms.